The van der Waals surface area contributed by atoms with Crippen molar-refractivity contribution in [2.45, 2.75) is 38.0 Å². The molecule has 2 atom stereocenters. The van der Waals surface area contributed by atoms with Crippen LogP contribution in [-0.2, 0) is 11.2 Å². The first-order chi connectivity index (χ1) is 13.2. The zero-order chi connectivity index (χ0) is 18.6. The fourth-order valence-corrected chi connectivity index (χ4v) is 4.19. The van der Waals surface area contributed by atoms with Crippen LogP contribution in [0, 0.1) is 5.92 Å². The van der Waals surface area contributed by atoms with Crippen molar-refractivity contribution < 1.29 is 9.53 Å². The summed E-state index contributed by atoms with van der Waals surface area (Å²) in [6.45, 7) is 2.16. The number of fused-ring (bicyclic) bond motifs is 3. The average molecular weight is 385 g/mol. The molecule has 2 aromatic rings. The molecule has 142 valence electrons. The molecule has 2 unspecified atom stereocenters. The molecule has 3 aliphatic rings. The molecule has 1 N–H and O–H groups in total. The minimum absolute atomic E-state index is 0.0497. The number of rotatable bonds is 6. The number of hydrogen-bond acceptors (Lipinski definition) is 3. The van der Waals surface area contributed by atoms with E-state index in [0.717, 1.165) is 31.0 Å². The highest BCUT2D eigenvalue weighted by atomic mass is 35.5. The fraction of sp³-hybridized carbons (Fsp3) is 0.409. The molecule has 3 aliphatic heterocycles. The Morgan fingerprint density at radius 1 is 1.11 bits per heavy atom. The molecule has 5 heteroatoms. The first-order valence-electron chi connectivity index (χ1n) is 9.68. The van der Waals surface area contributed by atoms with Gasteiger partial charge in [0.05, 0.1) is 6.17 Å². The Morgan fingerprint density at radius 3 is 2.44 bits per heavy atom. The largest absolute Gasteiger partial charge is 0.480 e. The third-order valence-electron chi connectivity index (χ3n) is 5.60. The van der Waals surface area contributed by atoms with Crippen LogP contribution < -0.4 is 10.1 Å². The molecule has 4 nitrogen and oxygen atoms in total. The van der Waals surface area contributed by atoms with Gasteiger partial charge in [-0.25, -0.2) is 0 Å². The lowest BCUT2D eigenvalue weighted by Crippen LogP contribution is -2.58. The van der Waals surface area contributed by atoms with Gasteiger partial charge in [-0.05, 0) is 55.0 Å². The summed E-state index contributed by atoms with van der Waals surface area (Å²) >= 11 is 5.97. The number of halogens is 1. The molecule has 2 bridgehead atoms. The van der Waals surface area contributed by atoms with E-state index < -0.39 is 6.10 Å². The average Bonchev–Trinajstić information content (AvgIpc) is 2.71. The Labute approximate surface area is 165 Å². The van der Waals surface area contributed by atoms with Gasteiger partial charge in [-0.15, -0.1) is 0 Å². The van der Waals surface area contributed by atoms with E-state index >= 15 is 0 Å². The summed E-state index contributed by atoms with van der Waals surface area (Å²) in [6, 6.07) is 17.2. The second-order valence-electron chi connectivity index (χ2n) is 7.49. The molecule has 0 spiro atoms. The minimum atomic E-state index is -0.574. The first-order valence-corrected chi connectivity index (χ1v) is 10.1. The van der Waals surface area contributed by atoms with Gasteiger partial charge < -0.3 is 10.1 Å². The zero-order valence-corrected chi connectivity index (χ0v) is 16.1. The molecular weight excluding hydrogens is 360 g/mol. The van der Waals surface area contributed by atoms with E-state index in [1.165, 1.54) is 12.8 Å². The molecular formula is C22H25ClN2O2. The van der Waals surface area contributed by atoms with Crippen LogP contribution in [0.1, 0.15) is 24.8 Å². The lowest BCUT2D eigenvalue weighted by molar-refractivity contribution is -0.131. The second kappa shape index (κ2) is 8.32. The molecule has 3 fully saturated rings. The van der Waals surface area contributed by atoms with Crippen molar-refractivity contribution in [2.24, 2.45) is 5.92 Å². The van der Waals surface area contributed by atoms with E-state index in [4.69, 9.17) is 16.3 Å². The van der Waals surface area contributed by atoms with Gasteiger partial charge in [0.1, 0.15) is 5.75 Å². The summed E-state index contributed by atoms with van der Waals surface area (Å²) < 4.78 is 6.07. The van der Waals surface area contributed by atoms with Gasteiger partial charge in [0.2, 0.25) is 0 Å². The van der Waals surface area contributed by atoms with E-state index in [9.17, 15) is 4.79 Å². The Bertz CT molecular complexity index is 758. The molecule has 3 heterocycles. The van der Waals surface area contributed by atoms with E-state index in [1.807, 2.05) is 30.3 Å². The fourth-order valence-electron chi connectivity index (χ4n) is 4.07. The lowest BCUT2D eigenvalue weighted by Gasteiger charge is -2.45. The maximum absolute atomic E-state index is 13.1. The van der Waals surface area contributed by atoms with Crippen molar-refractivity contribution in [3.8, 4) is 5.75 Å². The highest BCUT2D eigenvalue weighted by Gasteiger charge is 2.35. The van der Waals surface area contributed by atoms with Crippen LogP contribution in [0.15, 0.2) is 54.6 Å². The maximum atomic E-state index is 13.1. The third kappa shape index (κ3) is 4.63. The number of hydrogen-bond donors (Lipinski definition) is 1. The Balaban J connectivity index is 1.47. The van der Waals surface area contributed by atoms with Gasteiger partial charge in [0.15, 0.2) is 6.10 Å². The molecule has 0 radical (unpaired) electrons. The molecule has 0 saturated carbocycles. The number of carbonyl (C=O) groups excluding carboxylic acids is 1. The summed E-state index contributed by atoms with van der Waals surface area (Å²) in [5.41, 5.74) is 1.08. The van der Waals surface area contributed by atoms with E-state index in [0.29, 0.717) is 17.2 Å². The molecule has 0 aromatic heterocycles. The summed E-state index contributed by atoms with van der Waals surface area (Å²) in [6.07, 6.45) is 3.64. The second-order valence-corrected chi connectivity index (χ2v) is 7.93. The summed E-state index contributed by atoms with van der Waals surface area (Å²) in [7, 11) is 0. The number of piperidine rings is 3. The van der Waals surface area contributed by atoms with Gasteiger partial charge in [0, 0.05) is 24.5 Å². The zero-order valence-electron chi connectivity index (χ0n) is 15.3. The van der Waals surface area contributed by atoms with Gasteiger partial charge in [0.25, 0.3) is 5.91 Å². The van der Waals surface area contributed by atoms with E-state index in [2.05, 4.69) is 10.2 Å². The van der Waals surface area contributed by atoms with Crippen molar-refractivity contribution in [3.63, 3.8) is 0 Å². The van der Waals surface area contributed by atoms with Crippen molar-refractivity contribution in [2.75, 3.05) is 13.1 Å². The Kier molecular flexibility index (Phi) is 5.65. The van der Waals surface area contributed by atoms with Crippen molar-refractivity contribution in [1.82, 2.24) is 10.2 Å². The monoisotopic (exact) mass is 384 g/mol. The molecule has 3 saturated heterocycles. The quantitative estimate of drug-likeness (QED) is 0.821. The van der Waals surface area contributed by atoms with Crippen LogP contribution in [0.25, 0.3) is 0 Å². The number of amides is 1. The van der Waals surface area contributed by atoms with Gasteiger partial charge in [-0.1, -0.05) is 41.9 Å². The van der Waals surface area contributed by atoms with Gasteiger partial charge >= 0.3 is 0 Å². The van der Waals surface area contributed by atoms with Crippen molar-refractivity contribution in [1.29, 1.82) is 0 Å². The van der Waals surface area contributed by atoms with Gasteiger partial charge in [-0.2, -0.15) is 0 Å². The summed E-state index contributed by atoms with van der Waals surface area (Å²) in [5, 5.41) is 3.89. The predicted molar refractivity (Wildman–Crippen MR) is 107 cm³/mol. The molecule has 27 heavy (non-hydrogen) atoms. The predicted octanol–water partition coefficient (Wildman–Crippen LogP) is 3.89. The number of carbonyl (C=O) groups is 1. The number of ether oxygens (including phenoxy) is 1. The summed E-state index contributed by atoms with van der Waals surface area (Å²) in [4.78, 5) is 15.5. The highest BCUT2D eigenvalue weighted by Crippen LogP contribution is 2.30. The van der Waals surface area contributed by atoms with Gasteiger partial charge in [-0.3, -0.25) is 9.69 Å². The van der Waals surface area contributed by atoms with Crippen LogP contribution in [0.2, 0.25) is 5.02 Å². The molecule has 5 rings (SSSR count). The third-order valence-corrected chi connectivity index (χ3v) is 5.86. The Hall–Kier alpha value is -2.04. The topological polar surface area (TPSA) is 41.6 Å². The smallest absolute Gasteiger partial charge is 0.262 e. The van der Waals surface area contributed by atoms with Crippen LogP contribution in [0.3, 0.4) is 0 Å². The number of benzene rings is 2. The lowest BCUT2D eigenvalue weighted by atomic mass is 9.86. The SMILES string of the molecule is O=C(NC1CC2CCN1CC2)C(Cc1ccccc1)Oc1ccc(Cl)cc1. The van der Waals surface area contributed by atoms with Crippen LogP contribution >= 0.6 is 11.6 Å². The van der Waals surface area contributed by atoms with Crippen LogP contribution in [0.4, 0.5) is 0 Å². The summed E-state index contributed by atoms with van der Waals surface area (Å²) in [5.74, 6) is 1.34. The molecule has 1 amide bonds. The van der Waals surface area contributed by atoms with E-state index in [1.54, 1.807) is 24.3 Å². The number of nitrogens with zero attached hydrogens (tertiary/aromatic N) is 1. The van der Waals surface area contributed by atoms with Crippen LogP contribution in [0.5, 0.6) is 5.75 Å². The van der Waals surface area contributed by atoms with Crippen molar-refractivity contribution >= 4 is 17.5 Å². The highest BCUT2D eigenvalue weighted by molar-refractivity contribution is 6.30. The van der Waals surface area contributed by atoms with E-state index in [-0.39, 0.29) is 12.1 Å². The Morgan fingerprint density at radius 2 is 1.81 bits per heavy atom. The van der Waals surface area contributed by atoms with Crippen LogP contribution in [-0.4, -0.2) is 36.2 Å². The number of nitrogens with one attached hydrogen (secondary N) is 1. The maximum Gasteiger partial charge on any atom is 0.262 e. The first kappa shape index (κ1) is 18.3. The minimum Gasteiger partial charge on any atom is -0.480 e. The standard InChI is InChI=1S/C22H25ClN2O2/c23-18-6-8-19(9-7-18)27-20(14-16-4-2-1-3-5-16)22(26)24-21-15-17-10-12-25(21)13-11-17/h1-9,17,20-21H,10-15H2,(H,24,26). The van der Waals surface area contributed by atoms with Crippen molar-refractivity contribution in [3.05, 3.63) is 65.2 Å². The molecule has 2 aromatic carbocycles. The molecule has 0 aliphatic carbocycles. The normalized spacial score (nSPS) is 25.0.